The highest BCUT2D eigenvalue weighted by atomic mass is 32.2. The molecule has 1 aromatic heterocycles. The van der Waals surface area contributed by atoms with Crippen LogP contribution in [0.4, 0.5) is 0 Å². The summed E-state index contributed by atoms with van der Waals surface area (Å²) in [4.78, 5) is 4.11. The monoisotopic (exact) mass is 306 g/mol. The molecule has 0 aliphatic heterocycles. The Balaban J connectivity index is 2.23. The standard InChI is InChI=1S/C15H18N2O3S/c1-3-20-14-9-12(2)6-7-15(14)21(18,19)17-11-13-5-4-8-16-10-13/h4-10,17H,3,11H2,1-2H3. The molecule has 0 saturated heterocycles. The summed E-state index contributed by atoms with van der Waals surface area (Å²) in [5.41, 5.74) is 1.75. The number of sulfonamides is 1. The van der Waals surface area contributed by atoms with Crippen molar-refractivity contribution in [1.82, 2.24) is 9.71 Å². The van der Waals surface area contributed by atoms with Crippen molar-refractivity contribution in [3.63, 3.8) is 0 Å². The lowest BCUT2D eigenvalue weighted by atomic mass is 10.2. The van der Waals surface area contributed by atoms with Gasteiger partial charge in [0, 0.05) is 18.9 Å². The number of nitrogens with zero attached hydrogens (tertiary/aromatic N) is 1. The van der Waals surface area contributed by atoms with Crippen LogP contribution in [-0.2, 0) is 16.6 Å². The summed E-state index contributed by atoms with van der Waals surface area (Å²) in [7, 11) is -3.63. The molecule has 0 saturated carbocycles. The van der Waals surface area contributed by atoms with Crippen LogP contribution >= 0.6 is 0 Å². The van der Waals surface area contributed by atoms with E-state index in [-0.39, 0.29) is 11.4 Å². The SMILES string of the molecule is CCOc1cc(C)ccc1S(=O)(=O)NCc1cccnc1. The van der Waals surface area contributed by atoms with Gasteiger partial charge in [-0.1, -0.05) is 12.1 Å². The van der Waals surface area contributed by atoms with Crippen LogP contribution in [0.1, 0.15) is 18.1 Å². The van der Waals surface area contributed by atoms with Crippen molar-refractivity contribution in [3.05, 3.63) is 53.9 Å². The summed E-state index contributed by atoms with van der Waals surface area (Å²) in [5, 5.41) is 0. The molecule has 1 N–H and O–H groups in total. The number of hydrogen-bond acceptors (Lipinski definition) is 4. The van der Waals surface area contributed by atoms with Crippen molar-refractivity contribution in [3.8, 4) is 5.75 Å². The van der Waals surface area contributed by atoms with Crippen molar-refractivity contribution >= 4 is 10.0 Å². The van der Waals surface area contributed by atoms with E-state index in [1.54, 1.807) is 36.7 Å². The largest absolute Gasteiger partial charge is 0.492 e. The summed E-state index contributed by atoms with van der Waals surface area (Å²) in [5.74, 6) is 0.371. The summed E-state index contributed by atoms with van der Waals surface area (Å²) in [6, 6.07) is 8.62. The van der Waals surface area contributed by atoms with E-state index in [1.807, 2.05) is 19.9 Å². The molecule has 1 aromatic carbocycles. The average Bonchev–Trinajstić information content (AvgIpc) is 2.47. The van der Waals surface area contributed by atoms with Crippen LogP contribution in [0.2, 0.25) is 0 Å². The smallest absolute Gasteiger partial charge is 0.244 e. The predicted octanol–water partition coefficient (Wildman–Crippen LogP) is 2.27. The third-order valence-electron chi connectivity index (χ3n) is 2.88. The highest BCUT2D eigenvalue weighted by Crippen LogP contribution is 2.25. The molecule has 0 unspecified atom stereocenters. The van der Waals surface area contributed by atoms with Gasteiger partial charge in [-0.25, -0.2) is 13.1 Å². The van der Waals surface area contributed by atoms with Crippen LogP contribution in [-0.4, -0.2) is 20.0 Å². The molecule has 2 rings (SSSR count). The Morgan fingerprint density at radius 2 is 2.10 bits per heavy atom. The van der Waals surface area contributed by atoms with Crippen molar-refractivity contribution < 1.29 is 13.2 Å². The van der Waals surface area contributed by atoms with Gasteiger partial charge in [0.2, 0.25) is 10.0 Å². The van der Waals surface area contributed by atoms with Crippen LogP contribution < -0.4 is 9.46 Å². The quantitative estimate of drug-likeness (QED) is 0.889. The van der Waals surface area contributed by atoms with Crippen LogP contribution in [0.15, 0.2) is 47.6 Å². The van der Waals surface area contributed by atoms with E-state index < -0.39 is 10.0 Å². The van der Waals surface area contributed by atoms with Gasteiger partial charge in [0.05, 0.1) is 6.61 Å². The number of benzene rings is 1. The Bertz CT molecular complexity index is 700. The maximum absolute atomic E-state index is 12.4. The van der Waals surface area contributed by atoms with Gasteiger partial charge in [0.15, 0.2) is 0 Å². The number of ether oxygens (including phenoxy) is 1. The highest BCUT2D eigenvalue weighted by Gasteiger charge is 2.19. The number of hydrogen-bond donors (Lipinski definition) is 1. The van der Waals surface area contributed by atoms with Gasteiger partial charge in [-0.2, -0.15) is 0 Å². The summed E-state index contributed by atoms with van der Waals surface area (Å²) in [6.45, 7) is 4.31. The molecule has 0 aliphatic carbocycles. The van der Waals surface area contributed by atoms with E-state index in [4.69, 9.17) is 4.74 Å². The number of aromatic nitrogens is 1. The first-order valence-corrected chi connectivity index (χ1v) is 8.13. The molecule has 0 spiro atoms. The Morgan fingerprint density at radius 1 is 1.29 bits per heavy atom. The van der Waals surface area contributed by atoms with E-state index in [2.05, 4.69) is 9.71 Å². The summed E-state index contributed by atoms with van der Waals surface area (Å²) >= 11 is 0. The molecule has 0 atom stereocenters. The molecule has 0 radical (unpaired) electrons. The topological polar surface area (TPSA) is 68.3 Å². The number of rotatable bonds is 6. The lowest BCUT2D eigenvalue weighted by Crippen LogP contribution is -2.24. The second-order valence-electron chi connectivity index (χ2n) is 4.57. The van der Waals surface area contributed by atoms with Gasteiger partial charge in [-0.15, -0.1) is 0 Å². The predicted molar refractivity (Wildman–Crippen MR) is 80.6 cm³/mol. The number of pyridine rings is 1. The molecule has 5 nitrogen and oxygen atoms in total. The van der Waals surface area contributed by atoms with Crippen molar-refractivity contribution in [1.29, 1.82) is 0 Å². The van der Waals surface area contributed by atoms with Crippen molar-refractivity contribution in [2.45, 2.75) is 25.3 Å². The molecule has 0 fully saturated rings. The normalized spacial score (nSPS) is 11.3. The minimum atomic E-state index is -3.63. The lowest BCUT2D eigenvalue weighted by Gasteiger charge is -2.12. The van der Waals surface area contributed by atoms with E-state index in [1.165, 1.54) is 0 Å². The second-order valence-corrected chi connectivity index (χ2v) is 6.30. The fraction of sp³-hybridized carbons (Fsp3) is 0.267. The average molecular weight is 306 g/mol. The molecule has 6 heteroatoms. The molecular weight excluding hydrogens is 288 g/mol. The lowest BCUT2D eigenvalue weighted by molar-refractivity contribution is 0.330. The van der Waals surface area contributed by atoms with Gasteiger partial charge in [0.25, 0.3) is 0 Å². The van der Waals surface area contributed by atoms with Crippen LogP contribution in [0.5, 0.6) is 5.75 Å². The Morgan fingerprint density at radius 3 is 2.76 bits per heavy atom. The Kier molecular flexibility index (Phi) is 4.93. The zero-order chi connectivity index (χ0) is 15.3. The van der Waals surface area contributed by atoms with Gasteiger partial charge in [-0.3, -0.25) is 4.98 Å². The molecule has 0 aliphatic rings. The van der Waals surface area contributed by atoms with Crippen LogP contribution in [0, 0.1) is 6.92 Å². The Hall–Kier alpha value is -1.92. The first-order valence-electron chi connectivity index (χ1n) is 6.65. The van der Waals surface area contributed by atoms with Gasteiger partial charge in [0.1, 0.15) is 10.6 Å². The maximum atomic E-state index is 12.4. The Labute approximate surface area is 125 Å². The van der Waals surface area contributed by atoms with Crippen LogP contribution in [0.3, 0.4) is 0 Å². The molecule has 21 heavy (non-hydrogen) atoms. The molecule has 2 aromatic rings. The molecular formula is C15H18N2O3S. The van der Waals surface area contributed by atoms with Crippen LogP contribution in [0.25, 0.3) is 0 Å². The fourth-order valence-electron chi connectivity index (χ4n) is 1.86. The highest BCUT2D eigenvalue weighted by molar-refractivity contribution is 7.89. The number of aryl methyl sites for hydroxylation is 1. The van der Waals surface area contributed by atoms with Gasteiger partial charge >= 0.3 is 0 Å². The van der Waals surface area contributed by atoms with E-state index in [9.17, 15) is 8.42 Å². The van der Waals surface area contributed by atoms with Crippen molar-refractivity contribution in [2.24, 2.45) is 0 Å². The zero-order valence-electron chi connectivity index (χ0n) is 12.0. The van der Waals surface area contributed by atoms with E-state index in [0.29, 0.717) is 12.4 Å². The third kappa shape index (κ3) is 4.03. The van der Waals surface area contributed by atoms with E-state index >= 15 is 0 Å². The first-order chi connectivity index (χ1) is 10.0. The third-order valence-corrected chi connectivity index (χ3v) is 4.32. The molecule has 1 heterocycles. The van der Waals surface area contributed by atoms with E-state index in [0.717, 1.165) is 11.1 Å². The zero-order valence-corrected chi connectivity index (χ0v) is 12.9. The minimum Gasteiger partial charge on any atom is -0.492 e. The molecule has 0 bridgehead atoms. The van der Waals surface area contributed by atoms with Gasteiger partial charge in [-0.05, 0) is 43.2 Å². The maximum Gasteiger partial charge on any atom is 0.244 e. The molecule has 112 valence electrons. The fourth-order valence-corrected chi connectivity index (χ4v) is 3.01. The number of nitrogens with one attached hydrogen (secondary N) is 1. The van der Waals surface area contributed by atoms with Crippen molar-refractivity contribution in [2.75, 3.05) is 6.61 Å². The summed E-state index contributed by atoms with van der Waals surface area (Å²) in [6.07, 6.45) is 3.27. The second kappa shape index (κ2) is 6.69. The first kappa shape index (κ1) is 15.5. The minimum absolute atomic E-state index is 0.152. The summed E-state index contributed by atoms with van der Waals surface area (Å²) < 4.78 is 32.8. The van der Waals surface area contributed by atoms with Gasteiger partial charge < -0.3 is 4.74 Å². The molecule has 0 amide bonds.